The molecule has 2 rings (SSSR count). The van der Waals surface area contributed by atoms with E-state index in [1.165, 1.54) is 0 Å². The molecule has 0 fully saturated rings. The first-order valence-electron chi connectivity index (χ1n) is 10.4. The summed E-state index contributed by atoms with van der Waals surface area (Å²) >= 11 is 3.97. The molecule has 1 aromatic carbocycles. The molecule has 2 aromatic rings. The van der Waals surface area contributed by atoms with Gasteiger partial charge in [0.2, 0.25) is 17.7 Å². The lowest BCUT2D eigenvalue weighted by atomic mass is 10.0. The lowest BCUT2D eigenvalue weighted by Crippen LogP contribution is -2.58. The lowest BCUT2D eigenvalue weighted by molar-refractivity contribution is -0.147. The number of para-hydroxylation sites is 1. The van der Waals surface area contributed by atoms with E-state index >= 15 is 0 Å². The van der Waals surface area contributed by atoms with Gasteiger partial charge in [0.1, 0.15) is 18.1 Å². The molecule has 0 spiro atoms. The molecule has 9 N–H and O–H groups in total. The van der Waals surface area contributed by atoms with E-state index in [0.717, 1.165) is 10.9 Å². The van der Waals surface area contributed by atoms with Crippen molar-refractivity contribution in [2.24, 2.45) is 5.73 Å². The van der Waals surface area contributed by atoms with Gasteiger partial charge in [-0.15, -0.1) is 0 Å². The van der Waals surface area contributed by atoms with Crippen molar-refractivity contribution in [3.05, 3.63) is 36.0 Å². The first kappa shape index (κ1) is 27.6. The molecular weight excluding hydrogens is 482 g/mol. The number of H-pyrrole nitrogens is 1. The number of fused-ring (bicyclic) bond motifs is 1. The summed E-state index contributed by atoms with van der Waals surface area (Å²) in [5.74, 6) is -5.70. The molecule has 3 amide bonds. The molecule has 14 heteroatoms. The number of benzene rings is 1. The quantitative estimate of drug-likeness (QED) is 0.136. The Hall–Kier alpha value is -3.62. The molecule has 35 heavy (non-hydrogen) atoms. The molecule has 4 atom stereocenters. The van der Waals surface area contributed by atoms with Gasteiger partial charge in [-0.25, -0.2) is 4.79 Å². The van der Waals surface area contributed by atoms with E-state index in [4.69, 9.17) is 15.9 Å². The Morgan fingerprint density at radius 1 is 0.943 bits per heavy atom. The first-order chi connectivity index (χ1) is 16.6. The van der Waals surface area contributed by atoms with E-state index in [1.54, 1.807) is 12.3 Å². The molecule has 190 valence electrons. The number of carbonyl (C=O) groups excluding carboxylic acids is 3. The number of rotatable bonds is 13. The van der Waals surface area contributed by atoms with Crippen molar-refractivity contribution in [2.75, 3.05) is 12.4 Å². The minimum absolute atomic E-state index is 0.00257. The van der Waals surface area contributed by atoms with Crippen LogP contribution in [0.2, 0.25) is 0 Å². The predicted octanol–water partition coefficient (Wildman–Crippen LogP) is -2.03. The minimum Gasteiger partial charge on any atom is -0.481 e. The van der Waals surface area contributed by atoms with Crippen LogP contribution in [-0.2, 0) is 30.4 Å². The fraction of sp³-hybridized carbons (Fsp3) is 0.381. The van der Waals surface area contributed by atoms with Gasteiger partial charge in [0.25, 0.3) is 0 Å². The third-order valence-corrected chi connectivity index (χ3v) is 5.47. The summed E-state index contributed by atoms with van der Waals surface area (Å²) in [4.78, 5) is 62.9. The van der Waals surface area contributed by atoms with Gasteiger partial charge < -0.3 is 42.0 Å². The zero-order valence-corrected chi connectivity index (χ0v) is 19.3. The number of aromatic nitrogens is 1. The number of aromatic amines is 1. The number of carbonyl (C=O) groups is 5. The van der Waals surface area contributed by atoms with E-state index in [9.17, 15) is 29.1 Å². The van der Waals surface area contributed by atoms with Gasteiger partial charge >= 0.3 is 11.9 Å². The summed E-state index contributed by atoms with van der Waals surface area (Å²) in [7, 11) is 0. The Labute approximate surface area is 204 Å². The SMILES string of the molecule is NC(CS)C(=O)NC(Cc1c[nH]c2ccccc12)C(=O)NC(CO)C(=O)NC(CC(=O)O)C(=O)O. The van der Waals surface area contributed by atoms with Gasteiger partial charge in [-0.3, -0.25) is 19.2 Å². The molecule has 0 aliphatic rings. The number of nitrogens with one attached hydrogen (secondary N) is 4. The smallest absolute Gasteiger partial charge is 0.326 e. The fourth-order valence-electron chi connectivity index (χ4n) is 3.20. The fourth-order valence-corrected chi connectivity index (χ4v) is 3.37. The van der Waals surface area contributed by atoms with Crippen molar-refractivity contribution in [3.63, 3.8) is 0 Å². The summed E-state index contributed by atoms with van der Waals surface area (Å²) < 4.78 is 0. The molecule has 0 radical (unpaired) electrons. The van der Waals surface area contributed by atoms with E-state index in [1.807, 2.05) is 23.5 Å². The third-order valence-electron chi connectivity index (χ3n) is 5.07. The average molecular weight is 510 g/mol. The molecule has 1 aromatic heterocycles. The third kappa shape index (κ3) is 7.70. The topological polar surface area (TPSA) is 224 Å². The normalized spacial score (nSPS) is 14.4. The number of amides is 3. The Kier molecular flexibility index (Phi) is 10.1. The number of aliphatic hydroxyl groups is 1. The lowest BCUT2D eigenvalue weighted by Gasteiger charge is -2.24. The van der Waals surface area contributed by atoms with Gasteiger partial charge in [0, 0.05) is 29.3 Å². The molecule has 1 heterocycles. The number of nitrogens with two attached hydrogens (primary N) is 1. The summed E-state index contributed by atoms with van der Waals surface area (Å²) in [5, 5.41) is 35.0. The Bertz CT molecular complexity index is 1090. The maximum atomic E-state index is 13.0. The van der Waals surface area contributed by atoms with Crippen LogP contribution in [0.3, 0.4) is 0 Å². The van der Waals surface area contributed by atoms with Gasteiger partial charge in [-0.1, -0.05) is 18.2 Å². The highest BCUT2D eigenvalue weighted by Crippen LogP contribution is 2.19. The van der Waals surface area contributed by atoms with Gasteiger partial charge in [0.15, 0.2) is 0 Å². The van der Waals surface area contributed by atoms with Crippen molar-refractivity contribution < 1.29 is 39.3 Å². The van der Waals surface area contributed by atoms with Crippen LogP contribution in [-0.4, -0.2) is 86.5 Å². The van der Waals surface area contributed by atoms with E-state index in [2.05, 4.69) is 28.2 Å². The van der Waals surface area contributed by atoms with Crippen LogP contribution in [0.25, 0.3) is 10.9 Å². The van der Waals surface area contributed by atoms with Crippen LogP contribution in [0.5, 0.6) is 0 Å². The standard InChI is InChI=1S/C21H27N5O8S/c22-12(9-35)18(30)24-14(5-10-7-23-13-4-2-1-3-11(10)13)19(31)26-16(8-27)20(32)25-15(21(33)34)6-17(28)29/h1-4,7,12,14-16,23,27,35H,5-6,8-9,22H2,(H,24,30)(H,25,32)(H,26,31)(H,28,29)(H,33,34). The van der Waals surface area contributed by atoms with Crippen LogP contribution in [0.4, 0.5) is 0 Å². The number of aliphatic hydroxyl groups excluding tert-OH is 1. The number of thiol groups is 1. The number of aliphatic carboxylic acids is 2. The van der Waals surface area contributed by atoms with Crippen molar-refractivity contribution in [3.8, 4) is 0 Å². The Morgan fingerprint density at radius 2 is 1.54 bits per heavy atom. The summed E-state index contributed by atoms with van der Waals surface area (Å²) in [6.07, 6.45) is 0.751. The maximum Gasteiger partial charge on any atom is 0.326 e. The van der Waals surface area contributed by atoms with Crippen LogP contribution >= 0.6 is 12.6 Å². The van der Waals surface area contributed by atoms with Crippen molar-refractivity contribution in [1.82, 2.24) is 20.9 Å². The van der Waals surface area contributed by atoms with Gasteiger partial charge in [-0.05, 0) is 11.6 Å². The Balaban J connectivity index is 2.21. The number of carboxylic acid groups (broad SMARTS) is 2. The van der Waals surface area contributed by atoms with Gasteiger partial charge in [0.05, 0.1) is 19.1 Å². The van der Waals surface area contributed by atoms with Crippen molar-refractivity contribution >= 4 is 53.2 Å². The van der Waals surface area contributed by atoms with Crippen molar-refractivity contribution in [2.45, 2.75) is 37.0 Å². The van der Waals surface area contributed by atoms with Crippen LogP contribution in [0.1, 0.15) is 12.0 Å². The average Bonchev–Trinajstić information content (AvgIpc) is 3.23. The summed E-state index contributed by atoms with van der Waals surface area (Å²) in [6, 6.07) is 1.64. The zero-order chi connectivity index (χ0) is 26.1. The van der Waals surface area contributed by atoms with Gasteiger partial charge in [-0.2, -0.15) is 12.6 Å². The molecule has 0 bridgehead atoms. The highest BCUT2D eigenvalue weighted by Gasteiger charge is 2.31. The second-order valence-corrected chi connectivity index (χ2v) is 8.02. The summed E-state index contributed by atoms with van der Waals surface area (Å²) in [6.45, 7) is -0.916. The summed E-state index contributed by atoms with van der Waals surface area (Å²) in [5.41, 5.74) is 7.17. The molecule has 13 nitrogen and oxygen atoms in total. The maximum absolute atomic E-state index is 13.0. The number of hydrogen-bond donors (Lipinski definition) is 9. The molecule has 0 saturated carbocycles. The van der Waals surface area contributed by atoms with E-state index in [0.29, 0.717) is 5.56 Å². The van der Waals surface area contributed by atoms with E-state index in [-0.39, 0.29) is 12.2 Å². The zero-order valence-electron chi connectivity index (χ0n) is 18.4. The van der Waals surface area contributed by atoms with Crippen LogP contribution < -0.4 is 21.7 Å². The minimum atomic E-state index is -1.78. The van der Waals surface area contributed by atoms with E-state index < -0.39 is 66.9 Å². The number of carboxylic acids is 2. The highest BCUT2D eigenvalue weighted by molar-refractivity contribution is 7.80. The second-order valence-electron chi connectivity index (χ2n) is 7.65. The first-order valence-corrected chi connectivity index (χ1v) is 11.1. The largest absolute Gasteiger partial charge is 0.481 e. The molecule has 0 aliphatic carbocycles. The van der Waals surface area contributed by atoms with Crippen molar-refractivity contribution in [1.29, 1.82) is 0 Å². The Morgan fingerprint density at radius 3 is 2.14 bits per heavy atom. The number of hydrogen-bond acceptors (Lipinski definition) is 8. The van der Waals surface area contributed by atoms with Crippen LogP contribution in [0, 0.1) is 0 Å². The van der Waals surface area contributed by atoms with Crippen LogP contribution in [0.15, 0.2) is 30.5 Å². The monoisotopic (exact) mass is 509 g/mol. The second kappa shape index (κ2) is 12.7. The molecule has 4 unspecified atom stereocenters. The molecule has 0 aliphatic heterocycles. The molecular formula is C21H27N5O8S. The highest BCUT2D eigenvalue weighted by atomic mass is 32.1. The predicted molar refractivity (Wildman–Crippen MR) is 127 cm³/mol. The molecule has 0 saturated heterocycles.